The van der Waals surface area contributed by atoms with E-state index >= 15 is 0 Å². The molecule has 1 aromatic rings. The van der Waals surface area contributed by atoms with Crippen molar-refractivity contribution in [3.8, 4) is 0 Å². The third-order valence-electron chi connectivity index (χ3n) is 7.15. The average molecular weight is 354 g/mol. The Morgan fingerprint density at radius 2 is 1.81 bits per heavy atom. The van der Waals surface area contributed by atoms with Gasteiger partial charge in [-0.3, -0.25) is 4.79 Å². The van der Waals surface area contributed by atoms with Gasteiger partial charge in [-0.15, -0.1) is 0 Å². The molecule has 4 fully saturated rings. The fourth-order valence-corrected chi connectivity index (χ4v) is 5.55. The lowest BCUT2D eigenvalue weighted by Crippen LogP contribution is -2.64. The summed E-state index contributed by atoms with van der Waals surface area (Å²) in [7, 11) is 0. The van der Waals surface area contributed by atoms with Gasteiger partial charge in [0.05, 0.1) is 5.54 Å². The van der Waals surface area contributed by atoms with Crippen LogP contribution in [0.15, 0.2) is 30.3 Å². The average Bonchev–Trinajstić information content (AvgIpc) is 3.01. The minimum Gasteiger partial charge on any atom is -0.447 e. The van der Waals surface area contributed by atoms with Gasteiger partial charge in [-0.2, -0.15) is 0 Å². The van der Waals surface area contributed by atoms with Crippen LogP contribution < -0.4 is 5.32 Å². The molecule has 0 radical (unpaired) electrons. The Bertz CT molecular complexity index is 710. The topological polar surface area (TPSA) is 58.6 Å². The van der Waals surface area contributed by atoms with Crippen molar-refractivity contribution in [2.75, 3.05) is 19.7 Å². The Morgan fingerprint density at radius 1 is 1.12 bits per heavy atom. The molecule has 2 spiro atoms. The molecule has 2 amide bonds. The van der Waals surface area contributed by atoms with E-state index in [9.17, 15) is 9.59 Å². The quantitative estimate of drug-likeness (QED) is 0.888. The molecule has 5 heteroatoms. The second-order valence-electron chi connectivity index (χ2n) is 8.97. The number of rotatable bonds is 2. The normalized spacial score (nSPS) is 26.9. The van der Waals surface area contributed by atoms with Gasteiger partial charge >= 0.3 is 6.09 Å². The molecule has 2 aliphatic heterocycles. The van der Waals surface area contributed by atoms with Crippen molar-refractivity contribution in [3.05, 3.63) is 35.9 Å². The molecule has 2 heterocycles. The number of ether oxygens (including phenoxy) is 1. The third kappa shape index (κ3) is 2.60. The van der Waals surface area contributed by atoms with E-state index in [-0.39, 0.29) is 23.5 Å². The van der Waals surface area contributed by atoms with Crippen LogP contribution in [0.2, 0.25) is 0 Å². The van der Waals surface area contributed by atoms with Gasteiger partial charge in [0.1, 0.15) is 6.61 Å². The first-order chi connectivity index (χ1) is 12.6. The van der Waals surface area contributed by atoms with Crippen molar-refractivity contribution in [3.63, 3.8) is 0 Å². The smallest absolute Gasteiger partial charge is 0.407 e. The highest BCUT2D eigenvalue weighted by Crippen LogP contribution is 2.50. The molecular weight excluding hydrogens is 328 g/mol. The minimum absolute atomic E-state index is 0.0648. The maximum absolute atomic E-state index is 12.7. The molecule has 1 N–H and O–H groups in total. The van der Waals surface area contributed by atoms with Crippen molar-refractivity contribution >= 4 is 12.0 Å². The lowest BCUT2D eigenvalue weighted by atomic mass is 9.63. The standard InChI is InChI=1S/C21H26N2O3/c24-18(17-10-21(11-17)14-26-19(25)22-21)23-12-20(13-23)8-6-16(7-9-20)15-4-2-1-3-5-15/h1-5,16-17H,6-14H2,(H,22,25)/t17-,21+. The summed E-state index contributed by atoms with van der Waals surface area (Å²) in [5.74, 6) is 1.03. The maximum atomic E-state index is 12.7. The van der Waals surface area contributed by atoms with Crippen molar-refractivity contribution in [1.29, 1.82) is 0 Å². The van der Waals surface area contributed by atoms with Gasteiger partial charge in [0.25, 0.3) is 0 Å². The number of hydrogen-bond donors (Lipinski definition) is 1. The maximum Gasteiger partial charge on any atom is 0.407 e. The number of nitrogens with one attached hydrogen (secondary N) is 1. The molecule has 2 saturated carbocycles. The van der Waals surface area contributed by atoms with Gasteiger partial charge in [-0.05, 0) is 50.0 Å². The predicted octanol–water partition coefficient (Wildman–Crippen LogP) is 3.06. The van der Waals surface area contributed by atoms with Crippen molar-refractivity contribution in [2.45, 2.75) is 50.0 Å². The Hall–Kier alpha value is -2.04. The van der Waals surface area contributed by atoms with E-state index in [2.05, 4.69) is 40.5 Å². The lowest BCUT2D eigenvalue weighted by Gasteiger charge is -2.55. The van der Waals surface area contributed by atoms with Crippen LogP contribution >= 0.6 is 0 Å². The lowest BCUT2D eigenvalue weighted by molar-refractivity contribution is -0.156. The number of alkyl carbamates (subject to hydrolysis) is 1. The van der Waals surface area contributed by atoms with Crippen molar-refractivity contribution < 1.29 is 14.3 Å². The Kier molecular flexibility index (Phi) is 3.56. The predicted molar refractivity (Wildman–Crippen MR) is 96.6 cm³/mol. The summed E-state index contributed by atoms with van der Waals surface area (Å²) in [6.07, 6.45) is 6.07. The molecule has 1 aromatic carbocycles. The first-order valence-corrected chi connectivity index (χ1v) is 9.85. The van der Waals surface area contributed by atoms with Crippen molar-refractivity contribution in [2.24, 2.45) is 11.3 Å². The molecule has 5 rings (SSSR count). The van der Waals surface area contributed by atoms with E-state index in [1.165, 1.54) is 31.2 Å². The number of benzene rings is 1. The van der Waals surface area contributed by atoms with Crippen LogP contribution in [0.3, 0.4) is 0 Å². The van der Waals surface area contributed by atoms with Gasteiger partial charge in [-0.1, -0.05) is 30.3 Å². The van der Waals surface area contributed by atoms with Crippen LogP contribution in [-0.2, 0) is 9.53 Å². The summed E-state index contributed by atoms with van der Waals surface area (Å²) in [5, 5.41) is 2.87. The zero-order valence-electron chi connectivity index (χ0n) is 15.1. The number of carbonyl (C=O) groups is 2. The Balaban J connectivity index is 1.11. The van der Waals surface area contributed by atoms with Gasteiger partial charge in [0.2, 0.25) is 5.91 Å². The molecular formula is C21H26N2O3. The fraction of sp³-hybridized carbons (Fsp3) is 0.619. The summed E-state index contributed by atoms with van der Waals surface area (Å²) in [5.41, 5.74) is 1.58. The van der Waals surface area contributed by atoms with Crippen LogP contribution in [0.25, 0.3) is 0 Å². The fourth-order valence-electron chi connectivity index (χ4n) is 5.55. The first-order valence-electron chi connectivity index (χ1n) is 9.85. The summed E-state index contributed by atoms with van der Waals surface area (Å²) < 4.78 is 5.00. The highest BCUT2D eigenvalue weighted by Gasteiger charge is 2.56. The molecule has 0 atom stereocenters. The summed E-state index contributed by atoms with van der Waals surface area (Å²) in [4.78, 5) is 26.0. The number of likely N-dealkylation sites (tertiary alicyclic amines) is 1. The number of cyclic esters (lactones) is 1. The van der Waals surface area contributed by atoms with Crippen molar-refractivity contribution in [1.82, 2.24) is 10.2 Å². The van der Waals surface area contributed by atoms with E-state index in [0.717, 1.165) is 25.9 Å². The zero-order valence-corrected chi connectivity index (χ0v) is 15.1. The number of carbonyl (C=O) groups excluding carboxylic acids is 2. The van der Waals surface area contributed by atoms with Crippen LogP contribution in [0.1, 0.15) is 50.0 Å². The summed E-state index contributed by atoms with van der Waals surface area (Å²) in [6.45, 7) is 2.28. The van der Waals surface area contributed by atoms with E-state index in [1.807, 2.05) is 0 Å². The molecule has 4 aliphatic rings. The molecule has 138 valence electrons. The molecule has 0 aromatic heterocycles. The minimum atomic E-state index is -0.339. The van der Waals surface area contributed by atoms with Crippen LogP contribution in [0.4, 0.5) is 4.79 Å². The van der Waals surface area contributed by atoms with Crippen LogP contribution in [-0.4, -0.2) is 42.1 Å². The van der Waals surface area contributed by atoms with Crippen LogP contribution in [0.5, 0.6) is 0 Å². The van der Waals surface area contributed by atoms with E-state index < -0.39 is 0 Å². The SMILES string of the molecule is O=C1N[C@]2(CO1)C[C@H](C(=O)N1CC3(CCC(c4ccccc4)CC3)C1)C2. The second-order valence-corrected chi connectivity index (χ2v) is 8.97. The largest absolute Gasteiger partial charge is 0.447 e. The summed E-state index contributed by atoms with van der Waals surface area (Å²) >= 11 is 0. The van der Waals surface area contributed by atoms with Gasteiger partial charge in [0.15, 0.2) is 0 Å². The molecule has 26 heavy (non-hydrogen) atoms. The molecule has 5 nitrogen and oxygen atoms in total. The van der Waals surface area contributed by atoms with E-state index in [0.29, 0.717) is 17.9 Å². The zero-order chi connectivity index (χ0) is 17.8. The highest BCUT2D eigenvalue weighted by molar-refractivity contribution is 5.82. The number of hydrogen-bond acceptors (Lipinski definition) is 3. The first kappa shape index (κ1) is 16.2. The van der Waals surface area contributed by atoms with Gasteiger partial charge < -0.3 is 15.0 Å². The second kappa shape index (κ2) is 5.73. The highest BCUT2D eigenvalue weighted by atomic mass is 16.6. The van der Waals surface area contributed by atoms with Gasteiger partial charge in [0, 0.05) is 24.4 Å². The Labute approximate surface area is 154 Å². The molecule has 2 saturated heterocycles. The van der Waals surface area contributed by atoms with E-state index in [4.69, 9.17) is 4.74 Å². The monoisotopic (exact) mass is 354 g/mol. The van der Waals surface area contributed by atoms with E-state index in [1.54, 1.807) is 0 Å². The Morgan fingerprint density at radius 3 is 2.42 bits per heavy atom. The molecule has 2 aliphatic carbocycles. The molecule has 0 bridgehead atoms. The summed E-state index contributed by atoms with van der Waals surface area (Å²) in [6, 6.07) is 10.8. The van der Waals surface area contributed by atoms with Gasteiger partial charge in [-0.25, -0.2) is 4.79 Å². The third-order valence-corrected chi connectivity index (χ3v) is 7.15. The van der Waals surface area contributed by atoms with Crippen LogP contribution in [0, 0.1) is 11.3 Å². The number of amides is 2. The number of nitrogens with zero attached hydrogens (tertiary/aromatic N) is 1. The molecule has 0 unspecified atom stereocenters.